The van der Waals surface area contributed by atoms with Crippen LogP contribution in [0, 0.1) is 13.8 Å². The summed E-state index contributed by atoms with van der Waals surface area (Å²) < 4.78 is 3.17. The molecule has 0 bridgehead atoms. The number of hydrogen-bond donors (Lipinski definition) is 0. The molecule has 4 aromatic rings. The maximum absolute atomic E-state index is 13.5. The van der Waals surface area contributed by atoms with Crippen molar-refractivity contribution in [2.24, 2.45) is 0 Å². The number of amides is 1. The highest BCUT2D eigenvalue weighted by molar-refractivity contribution is 7.98. The molecule has 2 aromatic heterocycles. The minimum Gasteiger partial charge on any atom is -0.337 e. The fourth-order valence-corrected chi connectivity index (χ4v) is 5.01. The van der Waals surface area contributed by atoms with E-state index >= 15 is 0 Å². The third kappa shape index (κ3) is 5.29. The predicted octanol–water partition coefficient (Wildman–Crippen LogP) is 5.99. The lowest BCUT2D eigenvalue weighted by Crippen LogP contribution is -2.32. The van der Waals surface area contributed by atoms with Crippen molar-refractivity contribution in [3.8, 4) is 0 Å². The number of carbonyl (C=O) groups excluding carboxylic acids is 1. The smallest absolute Gasteiger partial charge is 0.260 e. The number of imidazole rings is 1. The first-order chi connectivity index (χ1) is 14.5. The molecule has 0 aliphatic heterocycles. The van der Waals surface area contributed by atoms with E-state index in [0.29, 0.717) is 12.1 Å². The number of aromatic nitrogens is 3. The van der Waals surface area contributed by atoms with Gasteiger partial charge in [0.05, 0.1) is 16.5 Å². The number of hydrogen-bond acceptors (Lipinski definition) is 5. The zero-order valence-corrected chi connectivity index (χ0v) is 20.2. The van der Waals surface area contributed by atoms with E-state index < -0.39 is 0 Å². The van der Waals surface area contributed by atoms with Crippen LogP contribution in [0.25, 0.3) is 10.2 Å². The van der Waals surface area contributed by atoms with Gasteiger partial charge in [-0.25, -0.2) is 9.97 Å². The highest BCUT2D eigenvalue weighted by atomic mass is 35.5. The number of benzene rings is 2. The molecular formula is C23H25ClN4OS2. The number of thiazole rings is 1. The van der Waals surface area contributed by atoms with Crippen LogP contribution in [0.4, 0.5) is 5.13 Å². The number of rotatable bonds is 7. The van der Waals surface area contributed by atoms with Gasteiger partial charge in [0.15, 0.2) is 5.13 Å². The minimum absolute atomic E-state index is 0. The highest BCUT2D eigenvalue weighted by Gasteiger charge is 2.22. The Labute approximate surface area is 196 Å². The summed E-state index contributed by atoms with van der Waals surface area (Å²) >= 11 is 3.23. The van der Waals surface area contributed by atoms with Crippen LogP contribution in [0.1, 0.15) is 27.9 Å². The van der Waals surface area contributed by atoms with Crippen LogP contribution in [0.15, 0.2) is 60.0 Å². The van der Waals surface area contributed by atoms with Crippen LogP contribution in [0.3, 0.4) is 0 Å². The molecule has 0 atom stereocenters. The summed E-state index contributed by atoms with van der Waals surface area (Å²) in [6.45, 7) is 5.58. The minimum atomic E-state index is -0.00929. The molecular weight excluding hydrogens is 448 g/mol. The molecule has 0 saturated carbocycles. The molecule has 2 aromatic carbocycles. The lowest BCUT2D eigenvalue weighted by molar-refractivity contribution is 0.0986. The van der Waals surface area contributed by atoms with Gasteiger partial charge in [0.25, 0.3) is 5.91 Å². The average molecular weight is 473 g/mol. The molecule has 8 heteroatoms. The van der Waals surface area contributed by atoms with Gasteiger partial charge in [0.1, 0.15) is 0 Å². The van der Waals surface area contributed by atoms with E-state index in [1.165, 1.54) is 11.1 Å². The molecule has 0 fully saturated rings. The van der Waals surface area contributed by atoms with Crippen molar-refractivity contribution in [3.05, 3.63) is 71.8 Å². The first kappa shape index (κ1) is 23.3. The fraction of sp³-hybridized carbons (Fsp3) is 0.261. The second kappa shape index (κ2) is 10.3. The Morgan fingerprint density at radius 1 is 1.23 bits per heavy atom. The van der Waals surface area contributed by atoms with Crippen LogP contribution < -0.4 is 4.90 Å². The van der Waals surface area contributed by atoms with Gasteiger partial charge in [-0.2, -0.15) is 0 Å². The second-order valence-electron chi connectivity index (χ2n) is 7.27. The van der Waals surface area contributed by atoms with Crippen molar-refractivity contribution >= 4 is 56.8 Å². The molecule has 1 amide bonds. The standard InChI is InChI=1S/C23H24N4OS2.ClH/c1-16-12-17(2)21-20(13-16)25-23(30-21)27(10-5-9-26-11-8-24-15-26)22(28)18-6-4-7-19(14-18)29-3;/h4,6-8,11-15H,5,9-10H2,1-3H3;1H. The average Bonchev–Trinajstić information content (AvgIpc) is 3.40. The van der Waals surface area contributed by atoms with E-state index in [0.717, 1.165) is 33.2 Å². The van der Waals surface area contributed by atoms with Gasteiger partial charge in [-0.15, -0.1) is 24.2 Å². The number of anilines is 1. The van der Waals surface area contributed by atoms with Crippen molar-refractivity contribution in [3.63, 3.8) is 0 Å². The number of nitrogens with zero attached hydrogens (tertiary/aromatic N) is 4. The zero-order chi connectivity index (χ0) is 21.1. The summed E-state index contributed by atoms with van der Waals surface area (Å²) in [5.74, 6) is -0.00929. The highest BCUT2D eigenvalue weighted by Crippen LogP contribution is 2.33. The molecule has 0 spiro atoms. The van der Waals surface area contributed by atoms with E-state index in [2.05, 4.69) is 31.0 Å². The van der Waals surface area contributed by atoms with Crippen molar-refractivity contribution in [2.45, 2.75) is 31.7 Å². The quantitative estimate of drug-likeness (QED) is 0.310. The molecule has 4 rings (SSSR count). The Morgan fingerprint density at radius 3 is 2.81 bits per heavy atom. The molecule has 5 nitrogen and oxygen atoms in total. The van der Waals surface area contributed by atoms with Crippen molar-refractivity contribution < 1.29 is 4.79 Å². The van der Waals surface area contributed by atoms with E-state index in [1.54, 1.807) is 35.6 Å². The molecule has 0 unspecified atom stereocenters. The lowest BCUT2D eigenvalue weighted by Gasteiger charge is -2.20. The first-order valence-corrected chi connectivity index (χ1v) is 11.9. The Balaban J connectivity index is 0.00000272. The molecule has 31 heavy (non-hydrogen) atoms. The molecule has 2 heterocycles. The third-order valence-electron chi connectivity index (χ3n) is 4.96. The maximum atomic E-state index is 13.5. The Hall–Kier alpha value is -2.35. The Kier molecular flexibility index (Phi) is 7.75. The predicted molar refractivity (Wildman–Crippen MR) is 133 cm³/mol. The largest absolute Gasteiger partial charge is 0.337 e. The summed E-state index contributed by atoms with van der Waals surface area (Å²) in [4.78, 5) is 25.3. The number of halogens is 1. The molecule has 162 valence electrons. The Bertz CT molecular complexity index is 1170. The van der Waals surface area contributed by atoms with Gasteiger partial charge in [-0.3, -0.25) is 9.69 Å². The molecule has 0 radical (unpaired) electrons. The zero-order valence-electron chi connectivity index (χ0n) is 17.7. The number of thioether (sulfide) groups is 1. The fourth-order valence-electron chi connectivity index (χ4n) is 3.51. The van der Waals surface area contributed by atoms with E-state index in [-0.39, 0.29) is 18.3 Å². The number of aryl methyl sites for hydroxylation is 3. The summed E-state index contributed by atoms with van der Waals surface area (Å²) in [7, 11) is 0. The van der Waals surface area contributed by atoms with Gasteiger partial charge < -0.3 is 4.57 Å². The van der Waals surface area contributed by atoms with Gasteiger partial charge in [-0.05, 0) is 61.9 Å². The van der Waals surface area contributed by atoms with Crippen molar-refractivity contribution in [1.82, 2.24) is 14.5 Å². The van der Waals surface area contributed by atoms with Crippen LogP contribution in [0.2, 0.25) is 0 Å². The number of carbonyl (C=O) groups is 1. The lowest BCUT2D eigenvalue weighted by atomic mass is 10.1. The SMILES string of the molecule is CSc1cccc(C(=O)N(CCCn2ccnc2)c2nc3cc(C)cc(C)c3s2)c1.Cl. The topological polar surface area (TPSA) is 51.0 Å². The van der Waals surface area contributed by atoms with E-state index in [9.17, 15) is 4.79 Å². The summed E-state index contributed by atoms with van der Waals surface area (Å²) in [6.07, 6.45) is 8.36. The molecule has 0 saturated heterocycles. The van der Waals surface area contributed by atoms with Crippen LogP contribution in [-0.4, -0.2) is 33.2 Å². The Morgan fingerprint density at radius 2 is 2.06 bits per heavy atom. The summed E-state index contributed by atoms with van der Waals surface area (Å²) in [6, 6.07) is 12.1. The molecule has 0 N–H and O–H groups in total. The van der Waals surface area contributed by atoms with Crippen molar-refractivity contribution in [1.29, 1.82) is 0 Å². The summed E-state index contributed by atoms with van der Waals surface area (Å²) in [5, 5.41) is 0.754. The van der Waals surface area contributed by atoms with Gasteiger partial charge in [0.2, 0.25) is 0 Å². The third-order valence-corrected chi connectivity index (χ3v) is 6.91. The second-order valence-corrected chi connectivity index (χ2v) is 9.13. The van der Waals surface area contributed by atoms with Crippen LogP contribution in [-0.2, 0) is 6.54 Å². The van der Waals surface area contributed by atoms with Gasteiger partial charge >= 0.3 is 0 Å². The van der Waals surface area contributed by atoms with Gasteiger partial charge in [-0.1, -0.05) is 23.5 Å². The van der Waals surface area contributed by atoms with E-state index in [4.69, 9.17) is 4.98 Å². The van der Waals surface area contributed by atoms with E-state index in [1.807, 2.05) is 46.2 Å². The number of fused-ring (bicyclic) bond motifs is 1. The maximum Gasteiger partial charge on any atom is 0.260 e. The van der Waals surface area contributed by atoms with Crippen molar-refractivity contribution in [2.75, 3.05) is 17.7 Å². The summed E-state index contributed by atoms with van der Waals surface area (Å²) in [5.41, 5.74) is 4.03. The molecule has 0 aliphatic rings. The van der Waals surface area contributed by atoms with Gasteiger partial charge in [0, 0.05) is 35.9 Å². The first-order valence-electron chi connectivity index (χ1n) is 9.84. The normalized spacial score (nSPS) is 10.8. The van der Waals surface area contributed by atoms with Crippen LogP contribution in [0.5, 0.6) is 0 Å². The van der Waals surface area contributed by atoms with Crippen LogP contribution >= 0.6 is 35.5 Å². The monoisotopic (exact) mass is 472 g/mol. The molecule has 0 aliphatic carbocycles.